The topological polar surface area (TPSA) is 70.1 Å². The second-order valence-electron chi connectivity index (χ2n) is 5.73. The lowest BCUT2D eigenvalue weighted by Gasteiger charge is -2.00. The third-order valence-electron chi connectivity index (χ3n) is 3.90. The van der Waals surface area contributed by atoms with E-state index in [1.54, 1.807) is 17.7 Å². The van der Waals surface area contributed by atoms with E-state index in [1.165, 1.54) is 0 Å². The molecule has 0 aliphatic rings. The van der Waals surface area contributed by atoms with Gasteiger partial charge in [0.15, 0.2) is 11.5 Å². The van der Waals surface area contributed by atoms with Crippen LogP contribution < -0.4 is 4.74 Å². The number of methoxy groups -OCH3 is 1. The van der Waals surface area contributed by atoms with Gasteiger partial charge in [0.05, 0.1) is 12.8 Å². The maximum Gasteiger partial charge on any atom is 0.226 e. The number of fused-ring (bicyclic) bond motifs is 1. The molecule has 0 fully saturated rings. The van der Waals surface area contributed by atoms with Crippen molar-refractivity contribution in [1.29, 1.82) is 0 Å². The molecule has 26 heavy (non-hydrogen) atoms. The third-order valence-corrected chi connectivity index (χ3v) is 3.90. The SMILES string of the molecule is COc1cc2nc(C#Cc3nc(-c4ccccc4)cn3C)nn2c(C)n1. The smallest absolute Gasteiger partial charge is 0.226 e. The number of ether oxygens (including phenoxy) is 1. The molecule has 0 saturated carbocycles. The highest BCUT2D eigenvalue weighted by Crippen LogP contribution is 2.17. The highest BCUT2D eigenvalue weighted by atomic mass is 16.5. The van der Waals surface area contributed by atoms with Gasteiger partial charge in [-0.25, -0.2) is 4.98 Å². The van der Waals surface area contributed by atoms with Gasteiger partial charge in [-0.2, -0.15) is 14.5 Å². The van der Waals surface area contributed by atoms with Crippen LogP contribution in [0.3, 0.4) is 0 Å². The van der Waals surface area contributed by atoms with Crippen LogP contribution in [0.1, 0.15) is 17.5 Å². The van der Waals surface area contributed by atoms with Crippen LogP contribution in [0.2, 0.25) is 0 Å². The Morgan fingerprint density at radius 3 is 2.62 bits per heavy atom. The van der Waals surface area contributed by atoms with Crippen LogP contribution in [0.5, 0.6) is 5.88 Å². The van der Waals surface area contributed by atoms with E-state index >= 15 is 0 Å². The Bertz CT molecular complexity index is 1150. The van der Waals surface area contributed by atoms with Crippen molar-refractivity contribution in [1.82, 2.24) is 29.1 Å². The van der Waals surface area contributed by atoms with Crippen LogP contribution in [0, 0.1) is 18.8 Å². The molecular formula is C19H16N6O. The summed E-state index contributed by atoms with van der Waals surface area (Å²) < 4.78 is 8.69. The summed E-state index contributed by atoms with van der Waals surface area (Å²) in [5.74, 6) is 8.26. The summed E-state index contributed by atoms with van der Waals surface area (Å²) in [6, 6.07) is 11.7. The zero-order chi connectivity index (χ0) is 18.1. The van der Waals surface area contributed by atoms with Crippen LogP contribution >= 0.6 is 0 Å². The molecule has 0 aliphatic carbocycles. The van der Waals surface area contributed by atoms with Crippen molar-refractivity contribution < 1.29 is 4.74 Å². The molecule has 3 heterocycles. The molecule has 3 aromatic heterocycles. The minimum Gasteiger partial charge on any atom is -0.481 e. The van der Waals surface area contributed by atoms with Crippen molar-refractivity contribution in [3.05, 3.63) is 60.1 Å². The summed E-state index contributed by atoms with van der Waals surface area (Å²) in [5, 5.41) is 4.37. The summed E-state index contributed by atoms with van der Waals surface area (Å²) in [6.07, 6.45) is 1.95. The molecule has 1 aromatic carbocycles. The summed E-state index contributed by atoms with van der Waals surface area (Å²) in [4.78, 5) is 13.3. The molecule has 0 aliphatic heterocycles. The van der Waals surface area contributed by atoms with Gasteiger partial charge in [-0.15, -0.1) is 5.10 Å². The fraction of sp³-hybridized carbons (Fsp3) is 0.158. The number of rotatable bonds is 2. The first-order valence-electron chi connectivity index (χ1n) is 8.03. The number of hydrogen-bond donors (Lipinski definition) is 0. The van der Waals surface area contributed by atoms with E-state index in [-0.39, 0.29) is 0 Å². The second-order valence-corrected chi connectivity index (χ2v) is 5.73. The Morgan fingerprint density at radius 1 is 1.04 bits per heavy atom. The van der Waals surface area contributed by atoms with Crippen LogP contribution in [-0.4, -0.2) is 36.2 Å². The number of hydrogen-bond acceptors (Lipinski definition) is 5. The second kappa shape index (κ2) is 6.33. The Hall–Kier alpha value is -3.66. The summed E-state index contributed by atoms with van der Waals surface area (Å²) in [6.45, 7) is 1.84. The predicted molar refractivity (Wildman–Crippen MR) is 96.7 cm³/mol. The maximum absolute atomic E-state index is 5.16. The molecule has 7 nitrogen and oxygen atoms in total. The molecule has 0 saturated heterocycles. The molecular weight excluding hydrogens is 328 g/mol. The zero-order valence-corrected chi connectivity index (χ0v) is 14.6. The monoisotopic (exact) mass is 344 g/mol. The Kier molecular flexibility index (Phi) is 3.86. The molecule has 0 spiro atoms. The highest BCUT2D eigenvalue weighted by Gasteiger charge is 2.08. The maximum atomic E-state index is 5.16. The Labute approximate surface area is 150 Å². The minimum atomic E-state index is 0.410. The fourth-order valence-corrected chi connectivity index (χ4v) is 2.61. The van der Waals surface area contributed by atoms with E-state index in [2.05, 4.69) is 31.9 Å². The fourth-order valence-electron chi connectivity index (χ4n) is 2.61. The van der Waals surface area contributed by atoms with E-state index < -0.39 is 0 Å². The Balaban J connectivity index is 1.69. The van der Waals surface area contributed by atoms with Crippen molar-refractivity contribution >= 4 is 5.65 Å². The zero-order valence-electron chi connectivity index (χ0n) is 14.6. The number of aromatic nitrogens is 6. The number of benzene rings is 1. The highest BCUT2D eigenvalue weighted by molar-refractivity contribution is 5.59. The van der Waals surface area contributed by atoms with Crippen LogP contribution in [0.15, 0.2) is 42.6 Å². The van der Waals surface area contributed by atoms with Gasteiger partial charge in [0.25, 0.3) is 0 Å². The normalized spacial score (nSPS) is 10.6. The van der Waals surface area contributed by atoms with Crippen LogP contribution in [-0.2, 0) is 7.05 Å². The van der Waals surface area contributed by atoms with Gasteiger partial charge in [-0.1, -0.05) is 30.3 Å². The van der Waals surface area contributed by atoms with Crippen molar-refractivity contribution in [2.75, 3.05) is 7.11 Å². The Morgan fingerprint density at radius 2 is 1.85 bits per heavy atom. The van der Waals surface area contributed by atoms with Gasteiger partial charge in [0.1, 0.15) is 5.82 Å². The summed E-state index contributed by atoms with van der Waals surface area (Å²) >= 11 is 0. The van der Waals surface area contributed by atoms with Gasteiger partial charge < -0.3 is 9.30 Å². The van der Waals surface area contributed by atoms with Gasteiger partial charge in [-0.05, 0) is 18.8 Å². The number of nitrogens with zero attached hydrogens (tertiary/aromatic N) is 6. The molecule has 4 aromatic rings. The molecule has 4 rings (SSSR count). The number of aryl methyl sites for hydroxylation is 2. The molecule has 0 amide bonds. The van der Waals surface area contributed by atoms with E-state index in [0.29, 0.717) is 29.0 Å². The van der Waals surface area contributed by atoms with Gasteiger partial charge in [0, 0.05) is 24.9 Å². The van der Waals surface area contributed by atoms with E-state index in [0.717, 1.165) is 11.3 Å². The lowest BCUT2D eigenvalue weighted by molar-refractivity contribution is 0.395. The van der Waals surface area contributed by atoms with Crippen molar-refractivity contribution in [2.45, 2.75) is 6.92 Å². The van der Waals surface area contributed by atoms with Gasteiger partial charge in [0.2, 0.25) is 11.7 Å². The molecule has 0 N–H and O–H groups in total. The lowest BCUT2D eigenvalue weighted by Crippen LogP contribution is -1.99. The molecule has 0 radical (unpaired) electrons. The van der Waals surface area contributed by atoms with Gasteiger partial charge >= 0.3 is 0 Å². The first kappa shape index (κ1) is 15.8. The molecule has 128 valence electrons. The van der Waals surface area contributed by atoms with Crippen LogP contribution in [0.4, 0.5) is 0 Å². The van der Waals surface area contributed by atoms with Crippen molar-refractivity contribution in [2.24, 2.45) is 7.05 Å². The van der Waals surface area contributed by atoms with Crippen LogP contribution in [0.25, 0.3) is 16.9 Å². The average Bonchev–Trinajstić information content (AvgIpc) is 3.24. The van der Waals surface area contributed by atoms with E-state index in [4.69, 9.17) is 4.74 Å². The van der Waals surface area contributed by atoms with E-state index in [9.17, 15) is 0 Å². The summed E-state index contributed by atoms with van der Waals surface area (Å²) in [7, 11) is 3.49. The molecule has 7 heteroatoms. The first-order valence-corrected chi connectivity index (χ1v) is 8.03. The van der Waals surface area contributed by atoms with Crippen molar-refractivity contribution in [3.8, 4) is 29.0 Å². The average molecular weight is 344 g/mol. The predicted octanol–water partition coefficient (Wildman–Crippen LogP) is 2.24. The summed E-state index contributed by atoms with van der Waals surface area (Å²) in [5.41, 5.74) is 2.57. The number of imidazole rings is 1. The standard InChI is InChI=1S/C19H16N6O/c1-13-20-19(26-3)11-18-22-16(23-25(13)18)9-10-17-21-15(12-24(17)2)14-7-5-4-6-8-14/h4-8,11-12H,1-3H3. The van der Waals surface area contributed by atoms with Gasteiger partial charge in [-0.3, -0.25) is 0 Å². The first-order chi connectivity index (χ1) is 12.6. The quantitative estimate of drug-likeness (QED) is 0.522. The minimum absolute atomic E-state index is 0.410. The van der Waals surface area contributed by atoms with E-state index in [1.807, 2.05) is 55.1 Å². The third kappa shape index (κ3) is 2.89. The molecule has 0 atom stereocenters. The lowest BCUT2D eigenvalue weighted by atomic mass is 10.2. The molecule has 0 bridgehead atoms. The largest absolute Gasteiger partial charge is 0.481 e. The van der Waals surface area contributed by atoms with Crippen molar-refractivity contribution in [3.63, 3.8) is 0 Å². The molecule has 0 unspecified atom stereocenters.